The molecule has 0 aliphatic carbocycles. The van der Waals surface area contributed by atoms with E-state index < -0.39 is 0 Å². The highest BCUT2D eigenvalue weighted by Crippen LogP contribution is 2.18. The topological polar surface area (TPSA) is 4.93 Å². The Labute approximate surface area is 105 Å². The van der Waals surface area contributed by atoms with Gasteiger partial charge in [0.1, 0.15) is 5.82 Å². The molecule has 2 aromatic carbocycles. The summed E-state index contributed by atoms with van der Waals surface area (Å²) >= 11 is 0. The minimum atomic E-state index is -0.189. The van der Waals surface area contributed by atoms with Crippen LogP contribution in [0.5, 0.6) is 0 Å². The molecular formula is C16H14FN. The average molecular weight is 239 g/mol. The van der Waals surface area contributed by atoms with Gasteiger partial charge in [-0.15, -0.1) is 0 Å². The van der Waals surface area contributed by atoms with Gasteiger partial charge in [0, 0.05) is 12.7 Å². The molecule has 0 spiro atoms. The summed E-state index contributed by atoms with van der Waals surface area (Å²) in [6.07, 6.45) is 2.00. The minimum Gasteiger partial charge on any atom is -0.343 e. The molecule has 2 heteroatoms. The van der Waals surface area contributed by atoms with E-state index in [9.17, 15) is 4.39 Å². The molecule has 0 saturated heterocycles. The Morgan fingerprint density at radius 3 is 2.56 bits per heavy atom. The van der Waals surface area contributed by atoms with Crippen molar-refractivity contribution in [2.75, 3.05) is 0 Å². The van der Waals surface area contributed by atoms with Crippen LogP contribution >= 0.6 is 0 Å². The summed E-state index contributed by atoms with van der Waals surface area (Å²) < 4.78 is 15.3. The zero-order chi connectivity index (χ0) is 12.5. The number of hydrogen-bond donors (Lipinski definition) is 0. The van der Waals surface area contributed by atoms with Crippen LogP contribution in [-0.4, -0.2) is 4.57 Å². The van der Waals surface area contributed by atoms with Crippen LogP contribution in [0.4, 0.5) is 4.39 Å². The Morgan fingerprint density at radius 2 is 1.78 bits per heavy atom. The van der Waals surface area contributed by atoms with Gasteiger partial charge in [0.2, 0.25) is 0 Å². The van der Waals surface area contributed by atoms with Crippen molar-refractivity contribution < 1.29 is 4.39 Å². The number of nitrogens with zero attached hydrogens (tertiary/aromatic N) is 1. The lowest BCUT2D eigenvalue weighted by Crippen LogP contribution is -1.97. The van der Waals surface area contributed by atoms with E-state index in [1.54, 1.807) is 6.07 Å². The lowest BCUT2D eigenvalue weighted by Gasteiger charge is -2.06. The summed E-state index contributed by atoms with van der Waals surface area (Å²) in [5.74, 6) is -0.189. The predicted octanol–water partition coefficient (Wildman–Crippen LogP) is 4.14. The fraction of sp³-hybridized carbons (Fsp3) is 0.125. The molecule has 0 atom stereocenters. The molecular weight excluding hydrogens is 225 g/mol. The van der Waals surface area contributed by atoms with Gasteiger partial charge in [0.05, 0.1) is 5.52 Å². The van der Waals surface area contributed by atoms with Gasteiger partial charge in [-0.2, -0.15) is 0 Å². The van der Waals surface area contributed by atoms with Gasteiger partial charge in [-0.3, -0.25) is 0 Å². The maximum Gasteiger partial charge on any atom is 0.125 e. The van der Waals surface area contributed by atoms with Crippen LogP contribution in [0.2, 0.25) is 0 Å². The number of hydrogen-bond acceptors (Lipinski definition) is 0. The Morgan fingerprint density at radius 1 is 1.00 bits per heavy atom. The number of fused-ring (bicyclic) bond motifs is 1. The molecule has 0 saturated carbocycles. The fourth-order valence-corrected chi connectivity index (χ4v) is 2.19. The van der Waals surface area contributed by atoms with Crippen molar-refractivity contribution in [1.29, 1.82) is 0 Å². The van der Waals surface area contributed by atoms with E-state index in [1.165, 1.54) is 17.2 Å². The first kappa shape index (κ1) is 11.0. The standard InChI is InChI=1S/C16H14FN/c1-12-2-4-13(5-3-12)11-18-9-8-14-6-7-15(17)10-16(14)18/h2-10H,11H2,1H3. The van der Waals surface area contributed by atoms with E-state index in [4.69, 9.17) is 0 Å². The molecule has 0 aliphatic rings. The van der Waals surface area contributed by atoms with Crippen molar-refractivity contribution in [2.45, 2.75) is 13.5 Å². The Bertz CT molecular complexity index is 680. The SMILES string of the molecule is Cc1ccc(Cn2ccc3ccc(F)cc32)cc1. The molecule has 0 unspecified atom stereocenters. The molecule has 1 nitrogen and oxygen atoms in total. The Balaban J connectivity index is 1.99. The summed E-state index contributed by atoms with van der Waals surface area (Å²) in [6, 6.07) is 15.3. The van der Waals surface area contributed by atoms with Crippen molar-refractivity contribution in [3.8, 4) is 0 Å². The zero-order valence-electron chi connectivity index (χ0n) is 10.2. The second-order valence-electron chi connectivity index (χ2n) is 4.63. The molecule has 90 valence electrons. The first-order chi connectivity index (χ1) is 8.72. The number of halogens is 1. The van der Waals surface area contributed by atoms with Crippen molar-refractivity contribution in [3.05, 3.63) is 71.7 Å². The van der Waals surface area contributed by atoms with Crippen LogP contribution in [0.15, 0.2) is 54.7 Å². The van der Waals surface area contributed by atoms with E-state index in [2.05, 4.69) is 35.8 Å². The summed E-state index contributed by atoms with van der Waals surface area (Å²) in [6.45, 7) is 2.84. The molecule has 1 heterocycles. The van der Waals surface area contributed by atoms with E-state index >= 15 is 0 Å². The molecule has 3 rings (SSSR count). The highest BCUT2D eigenvalue weighted by Gasteiger charge is 2.03. The van der Waals surface area contributed by atoms with Crippen LogP contribution in [-0.2, 0) is 6.54 Å². The molecule has 0 aliphatic heterocycles. The van der Waals surface area contributed by atoms with Crippen molar-refractivity contribution in [3.63, 3.8) is 0 Å². The number of aryl methyl sites for hydroxylation is 1. The molecule has 0 fully saturated rings. The molecule has 18 heavy (non-hydrogen) atoms. The van der Waals surface area contributed by atoms with Gasteiger partial charge < -0.3 is 4.57 Å². The first-order valence-electron chi connectivity index (χ1n) is 6.02. The van der Waals surface area contributed by atoms with Crippen molar-refractivity contribution in [2.24, 2.45) is 0 Å². The quantitative estimate of drug-likeness (QED) is 0.633. The average Bonchev–Trinajstić information content (AvgIpc) is 2.75. The molecule has 0 amide bonds. The summed E-state index contributed by atoms with van der Waals surface area (Å²) in [5.41, 5.74) is 3.42. The fourth-order valence-electron chi connectivity index (χ4n) is 2.19. The normalized spacial score (nSPS) is 11.0. The van der Waals surface area contributed by atoms with Crippen LogP contribution in [0.1, 0.15) is 11.1 Å². The summed E-state index contributed by atoms with van der Waals surface area (Å²) in [5, 5.41) is 1.07. The number of aromatic nitrogens is 1. The molecule has 0 N–H and O–H groups in total. The second-order valence-corrected chi connectivity index (χ2v) is 4.63. The highest BCUT2D eigenvalue weighted by molar-refractivity contribution is 5.80. The first-order valence-corrected chi connectivity index (χ1v) is 6.02. The number of benzene rings is 2. The third-order valence-corrected chi connectivity index (χ3v) is 3.21. The second kappa shape index (κ2) is 4.30. The predicted molar refractivity (Wildman–Crippen MR) is 72.2 cm³/mol. The smallest absolute Gasteiger partial charge is 0.125 e. The van der Waals surface area contributed by atoms with Crippen LogP contribution < -0.4 is 0 Å². The summed E-state index contributed by atoms with van der Waals surface area (Å²) in [4.78, 5) is 0. The largest absolute Gasteiger partial charge is 0.343 e. The van der Waals surface area contributed by atoms with E-state index in [-0.39, 0.29) is 5.82 Å². The molecule has 1 aromatic heterocycles. The third kappa shape index (κ3) is 2.02. The van der Waals surface area contributed by atoms with Crippen molar-refractivity contribution in [1.82, 2.24) is 4.57 Å². The van der Waals surface area contributed by atoms with Gasteiger partial charge in [0.15, 0.2) is 0 Å². The summed E-state index contributed by atoms with van der Waals surface area (Å²) in [7, 11) is 0. The Kier molecular flexibility index (Phi) is 2.63. The van der Waals surface area contributed by atoms with E-state index in [0.717, 1.165) is 17.4 Å². The zero-order valence-corrected chi connectivity index (χ0v) is 10.2. The van der Waals surface area contributed by atoms with Gasteiger partial charge in [-0.05, 0) is 42.1 Å². The molecule has 0 radical (unpaired) electrons. The highest BCUT2D eigenvalue weighted by atomic mass is 19.1. The van der Waals surface area contributed by atoms with Gasteiger partial charge in [-0.1, -0.05) is 29.8 Å². The Hall–Kier alpha value is -2.09. The molecule has 0 bridgehead atoms. The molecule has 3 aromatic rings. The minimum absolute atomic E-state index is 0.189. The van der Waals surface area contributed by atoms with Crippen LogP contribution in [0.25, 0.3) is 10.9 Å². The lowest BCUT2D eigenvalue weighted by molar-refractivity contribution is 0.628. The van der Waals surface area contributed by atoms with Gasteiger partial charge >= 0.3 is 0 Å². The number of rotatable bonds is 2. The van der Waals surface area contributed by atoms with Crippen LogP contribution in [0.3, 0.4) is 0 Å². The van der Waals surface area contributed by atoms with Gasteiger partial charge in [-0.25, -0.2) is 4.39 Å². The van der Waals surface area contributed by atoms with E-state index in [0.29, 0.717) is 0 Å². The maximum atomic E-state index is 13.3. The monoisotopic (exact) mass is 239 g/mol. The maximum absolute atomic E-state index is 13.3. The van der Waals surface area contributed by atoms with Crippen LogP contribution in [0, 0.1) is 12.7 Å². The van der Waals surface area contributed by atoms with E-state index in [1.807, 2.05) is 18.3 Å². The third-order valence-electron chi connectivity index (χ3n) is 3.21. The lowest BCUT2D eigenvalue weighted by atomic mass is 10.1. The van der Waals surface area contributed by atoms with Crippen molar-refractivity contribution >= 4 is 10.9 Å². The van der Waals surface area contributed by atoms with Gasteiger partial charge in [0.25, 0.3) is 0 Å².